The minimum Gasteiger partial charge on any atom is -0.490 e. The standard InChI is InChI=1S/C28H28F4N4O6S2/c1-4-5-11-40-27(37)35-9-10-36-18(15-35)14-21(34-36)24-23(19-7-6-17(29)13-22(19)41-16(2)3)25-20(8-12-43-25)26(33-24)42-44(38,39)28(30,31)32/h6-8,12-14,16H,4-5,9-11,15H2,1-3H3. The zero-order chi connectivity index (χ0) is 31.8. The van der Waals surface area contributed by atoms with Gasteiger partial charge in [0, 0.05) is 28.4 Å². The maximum atomic E-state index is 14.4. The third-order valence-electron chi connectivity index (χ3n) is 6.64. The van der Waals surface area contributed by atoms with E-state index in [1.807, 2.05) is 6.92 Å². The first-order chi connectivity index (χ1) is 20.8. The number of hydrogen-bond donors (Lipinski definition) is 0. The maximum absolute atomic E-state index is 14.4. The second-order valence-electron chi connectivity index (χ2n) is 10.2. The molecule has 1 amide bonds. The summed E-state index contributed by atoms with van der Waals surface area (Å²) in [4.78, 5) is 18.4. The molecule has 1 aliphatic rings. The molecule has 44 heavy (non-hydrogen) atoms. The predicted octanol–water partition coefficient (Wildman–Crippen LogP) is 6.73. The number of thiophene rings is 1. The van der Waals surface area contributed by atoms with Gasteiger partial charge in [-0.1, -0.05) is 13.3 Å². The van der Waals surface area contributed by atoms with E-state index in [0.717, 1.165) is 24.2 Å². The van der Waals surface area contributed by atoms with Gasteiger partial charge in [-0.3, -0.25) is 4.68 Å². The Balaban J connectivity index is 1.68. The van der Waals surface area contributed by atoms with Crippen LogP contribution in [0.15, 0.2) is 35.7 Å². The van der Waals surface area contributed by atoms with E-state index < -0.39 is 33.4 Å². The lowest BCUT2D eigenvalue weighted by Gasteiger charge is -2.26. The smallest absolute Gasteiger partial charge is 0.490 e. The Hall–Kier alpha value is -3.92. The van der Waals surface area contributed by atoms with Gasteiger partial charge in [-0.2, -0.15) is 26.7 Å². The molecule has 0 aliphatic carbocycles. The lowest BCUT2D eigenvalue weighted by atomic mass is 9.99. The number of pyridine rings is 1. The number of amides is 1. The molecule has 16 heteroatoms. The quantitative estimate of drug-likeness (QED) is 0.0844. The summed E-state index contributed by atoms with van der Waals surface area (Å²) in [5.41, 5.74) is -4.29. The fourth-order valence-electron chi connectivity index (χ4n) is 4.63. The minimum atomic E-state index is -6.07. The average molecular weight is 657 g/mol. The van der Waals surface area contributed by atoms with E-state index in [1.165, 1.54) is 29.2 Å². The summed E-state index contributed by atoms with van der Waals surface area (Å²) in [6.07, 6.45) is 0.734. The molecular formula is C28H28F4N4O6S2. The van der Waals surface area contributed by atoms with E-state index in [1.54, 1.807) is 30.0 Å². The van der Waals surface area contributed by atoms with E-state index >= 15 is 0 Å². The molecule has 4 heterocycles. The van der Waals surface area contributed by atoms with Crippen LogP contribution in [0.3, 0.4) is 0 Å². The fraction of sp³-hybridized carbons (Fsp3) is 0.393. The summed E-state index contributed by atoms with van der Waals surface area (Å²) in [5, 5.41) is 6.13. The highest BCUT2D eigenvalue weighted by Gasteiger charge is 2.49. The lowest BCUT2D eigenvalue weighted by Crippen LogP contribution is -2.38. The molecule has 10 nitrogen and oxygen atoms in total. The molecule has 1 aliphatic heterocycles. The molecular weight excluding hydrogens is 628 g/mol. The third kappa shape index (κ3) is 6.31. The third-order valence-corrected chi connectivity index (χ3v) is 8.52. The van der Waals surface area contributed by atoms with Gasteiger partial charge in [-0.15, -0.1) is 11.3 Å². The van der Waals surface area contributed by atoms with Gasteiger partial charge >= 0.3 is 21.7 Å². The highest BCUT2D eigenvalue weighted by Crippen LogP contribution is 2.46. The molecule has 0 atom stereocenters. The summed E-state index contributed by atoms with van der Waals surface area (Å²) in [6.45, 7) is 6.48. The molecule has 0 spiro atoms. The second-order valence-corrected chi connectivity index (χ2v) is 12.7. The second kappa shape index (κ2) is 12.2. The number of hydrogen-bond acceptors (Lipinski definition) is 9. The molecule has 0 N–H and O–H groups in total. The first kappa shape index (κ1) is 31.5. The summed E-state index contributed by atoms with van der Waals surface area (Å²) < 4.78 is 96.1. The van der Waals surface area contributed by atoms with Crippen molar-refractivity contribution in [1.82, 2.24) is 19.7 Å². The van der Waals surface area contributed by atoms with Crippen LogP contribution < -0.4 is 8.92 Å². The van der Waals surface area contributed by atoms with Gasteiger partial charge in [0.05, 0.1) is 36.9 Å². The van der Waals surface area contributed by atoms with Crippen molar-refractivity contribution in [2.45, 2.75) is 58.3 Å². The first-order valence-electron chi connectivity index (χ1n) is 13.7. The molecule has 236 valence electrons. The first-order valence-corrected chi connectivity index (χ1v) is 15.9. The van der Waals surface area contributed by atoms with Crippen LogP contribution in [0, 0.1) is 5.82 Å². The Bertz CT molecular complexity index is 1800. The zero-order valence-electron chi connectivity index (χ0n) is 23.9. The Morgan fingerprint density at radius 2 is 1.93 bits per heavy atom. The van der Waals surface area contributed by atoms with Crippen molar-refractivity contribution >= 4 is 37.6 Å². The summed E-state index contributed by atoms with van der Waals surface area (Å²) in [6, 6.07) is 6.81. The predicted molar refractivity (Wildman–Crippen MR) is 154 cm³/mol. The zero-order valence-corrected chi connectivity index (χ0v) is 25.5. The van der Waals surface area contributed by atoms with Crippen LogP contribution in [0.2, 0.25) is 0 Å². The Morgan fingerprint density at radius 3 is 2.64 bits per heavy atom. The van der Waals surface area contributed by atoms with Gasteiger partial charge in [0.15, 0.2) is 0 Å². The molecule has 0 bridgehead atoms. The van der Waals surface area contributed by atoms with Gasteiger partial charge in [-0.25, -0.2) is 14.2 Å². The van der Waals surface area contributed by atoms with Crippen LogP contribution in [0.5, 0.6) is 11.6 Å². The lowest BCUT2D eigenvalue weighted by molar-refractivity contribution is -0.0500. The number of halogens is 4. The number of nitrogens with zero attached hydrogens (tertiary/aromatic N) is 4. The highest BCUT2D eigenvalue weighted by molar-refractivity contribution is 7.88. The van der Waals surface area contributed by atoms with Crippen LogP contribution in [-0.4, -0.2) is 58.9 Å². The SMILES string of the molecule is CCCCOC(=O)N1CCn2nc(-c3nc(OS(=O)(=O)C(F)(F)F)c4ccsc4c3-c3ccc(F)cc3OC(C)C)cc2C1. The Kier molecular flexibility index (Phi) is 8.75. The van der Waals surface area contributed by atoms with Crippen molar-refractivity contribution in [3.63, 3.8) is 0 Å². The van der Waals surface area contributed by atoms with E-state index in [4.69, 9.17) is 9.47 Å². The van der Waals surface area contributed by atoms with Crippen LogP contribution in [0.1, 0.15) is 39.3 Å². The number of carbonyl (C=O) groups excluding carboxylic acids is 1. The number of ether oxygens (including phenoxy) is 2. The largest absolute Gasteiger partial charge is 0.534 e. The number of aromatic nitrogens is 3. The molecule has 0 fully saturated rings. The van der Waals surface area contributed by atoms with Gasteiger partial charge < -0.3 is 18.6 Å². The molecule has 0 saturated heterocycles. The molecule has 1 aromatic carbocycles. The van der Waals surface area contributed by atoms with Crippen molar-refractivity contribution in [2.24, 2.45) is 0 Å². The van der Waals surface area contributed by atoms with Gasteiger partial charge in [0.25, 0.3) is 0 Å². The normalized spacial score (nSPS) is 13.8. The average Bonchev–Trinajstić information content (AvgIpc) is 3.60. The Morgan fingerprint density at radius 1 is 1.16 bits per heavy atom. The minimum absolute atomic E-state index is 0.00799. The summed E-state index contributed by atoms with van der Waals surface area (Å²) >= 11 is 1.10. The van der Waals surface area contributed by atoms with Crippen molar-refractivity contribution in [3.8, 4) is 34.1 Å². The van der Waals surface area contributed by atoms with Gasteiger partial charge in [0.2, 0.25) is 5.88 Å². The van der Waals surface area contributed by atoms with Crippen molar-refractivity contribution in [3.05, 3.63) is 47.2 Å². The molecule has 3 aromatic heterocycles. The van der Waals surface area contributed by atoms with Crippen LogP contribution in [-0.2, 0) is 27.9 Å². The number of carbonyl (C=O) groups is 1. The number of alkyl halides is 3. The molecule has 5 rings (SSSR count). The molecule has 0 radical (unpaired) electrons. The topological polar surface area (TPSA) is 113 Å². The van der Waals surface area contributed by atoms with Crippen molar-refractivity contribution in [2.75, 3.05) is 13.2 Å². The molecule has 4 aromatic rings. The van der Waals surface area contributed by atoms with Crippen molar-refractivity contribution in [1.29, 1.82) is 0 Å². The maximum Gasteiger partial charge on any atom is 0.534 e. The fourth-order valence-corrected chi connectivity index (χ4v) is 6.01. The Labute approximate surface area is 254 Å². The number of benzene rings is 1. The molecule has 0 saturated carbocycles. The summed E-state index contributed by atoms with van der Waals surface area (Å²) in [7, 11) is -6.07. The van der Waals surface area contributed by atoms with Gasteiger partial charge in [-0.05, 0) is 49.9 Å². The van der Waals surface area contributed by atoms with E-state index in [-0.39, 0.29) is 41.8 Å². The van der Waals surface area contributed by atoms with Crippen LogP contribution in [0.4, 0.5) is 22.4 Å². The number of unbranched alkanes of at least 4 members (excludes halogenated alkanes) is 1. The van der Waals surface area contributed by atoms with E-state index in [2.05, 4.69) is 14.3 Å². The molecule has 0 unspecified atom stereocenters. The van der Waals surface area contributed by atoms with E-state index in [0.29, 0.717) is 34.6 Å². The van der Waals surface area contributed by atoms with Crippen LogP contribution in [0.25, 0.3) is 32.6 Å². The van der Waals surface area contributed by atoms with Crippen molar-refractivity contribution < 1.29 is 44.4 Å². The number of rotatable bonds is 9. The highest BCUT2D eigenvalue weighted by atomic mass is 32.2. The van der Waals surface area contributed by atoms with Crippen LogP contribution >= 0.6 is 11.3 Å². The van der Waals surface area contributed by atoms with Gasteiger partial charge in [0.1, 0.15) is 23.0 Å². The van der Waals surface area contributed by atoms with E-state index in [9.17, 15) is 30.8 Å². The summed E-state index contributed by atoms with van der Waals surface area (Å²) in [5.74, 6) is -1.24. The monoisotopic (exact) mass is 656 g/mol. The number of fused-ring (bicyclic) bond motifs is 2.